The Morgan fingerprint density at radius 1 is 0.784 bits per heavy atom. The minimum atomic E-state index is -4.67. The monoisotopic (exact) mass is 580 g/mol. The molecule has 186 valence electrons. The zero-order valence-corrected chi connectivity index (χ0v) is 22.1. The van der Waals surface area contributed by atoms with Gasteiger partial charge in [-0.15, -0.1) is 5.11 Å². The first-order valence-electron chi connectivity index (χ1n) is 8.94. The van der Waals surface area contributed by atoms with E-state index in [0.29, 0.717) is 18.2 Å². The summed E-state index contributed by atoms with van der Waals surface area (Å²) in [5.74, 6) is -2.81. The van der Waals surface area contributed by atoms with Crippen molar-refractivity contribution in [2.24, 2.45) is 20.5 Å². The number of rotatable bonds is 7. The van der Waals surface area contributed by atoms with Crippen molar-refractivity contribution in [1.29, 1.82) is 0 Å². The number of hydrogen-bond donors (Lipinski definition) is 1. The van der Waals surface area contributed by atoms with Crippen LogP contribution >= 0.6 is 0 Å². The van der Waals surface area contributed by atoms with Gasteiger partial charge in [0.15, 0.2) is 0 Å². The SMILES string of the molecule is O=[N+]([O-])c1cc(N=Nc2cc(N=Nc3ccc(S(=O)(=O)[O-])cc3)c(O)cc2[O-])c([O-])c([N+](=O)[O-])c1.[Fe+2].[Na+]. The number of non-ortho nitro benzene ring substituents is 1. The van der Waals surface area contributed by atoms with Crippen molar-refractivity contribution in [3.05, 3.63) is 68.8 Å². The van der Waals surface area contributed by atoms with Gasteiger partial charge >= 0.3 is 46.6 Å². The Morgan fingerprint density at radius 3 is 1.89 bits per heavy atom. The number of phenolic OH excluding ortho intramolecular Hbond substituents is 1. The van der Waals surface area contributed by atoms with Crippen LogP contribution < -0.4 is 39.8 Å². The van der Waals surface area contributed by atoms with Crippen molar-refractivity contribution in [1.82, 2.24) is 0 Å². The second-order valence-corrected chi connectivity index (χ2v) is 7.86. The van der Waals surface area contributed by atoms with Gasteiger partial charge in [0.2, 0.25) is 0 Å². The Bertz CT molecular complexity index is 1520. The van der Waals surface area contributed by atoms with E-state index in [2.05, 4.69) is 20.5 Å². The molecule has 0 bridgehead atoms. The molecule has 3 aromatic rings. The third-order valence-electron chi connectivity index (χ3n) is 4.16. The van der Waals surface area contributed by atoms with Crippen molar-refractivity contribution >= 4 is 44.2 Å². The zero-order valence-electron chi connectivity index (χ0n) is 18.2. The number of benzene rings is 3. The molecule has 0 aromatic heterocycles. The van der Waals surface area contributed by atoms with Crippen LogP contribution in [0.2, 0.25) is 0 Å². The quantitative estimate of drug-likeness (QED) is 0.129. The van der Waals surface area contributed by atoms with E-state index in [-0.39, 0.29) is 58.0 Å². The van der Waals surface area contributed by atoms with Gasteiger partial charge in [0.05, 0.1) is 37.9 Å². The van der Waals surface area contributed by atoms with Crippen LogP contribution in [0.4, 0.5) is 34.1 Å². The maximum Gasteiger partial charge on any atom is 2.00 e. The smallest absolute Gasteiger partial charge is 0.871 e. The van der Waals surface area contributed by atoms with Crippen molar-refractivity contribution in [2.75, 3.05) is 0 Å². The molecule has 0 aliphatic rings. The molecule has 0 saturated heterocycles. The summed E-state index contributed by atoms with van der Waals surface area (Å²) in [6, 6.07) is 6.94. The minimum absolute atomic E-state index is 0. The van der Waals surface area contributed by atoms with E-state index in [1.165, 1.54) is 0 Å². The number of nitro groups is 2. The van der Waals surface area contributed by atoms with E-state index in [1.54, 1.807) is 0 Å². The standard InChI is InChI=1S/C18H12N6O10S.Fe.Na/c25-16-8-17(26)13(7-12(16)20-19-9-1-3-11(4-2-9)35(32,33)34)21-22-14-5-10(23(28)29)6-15(18(14)27)24(30)31;;/h1-8,25-27H,(H,32,33,34);;/q;+2;+1/p-3. The summed E-state index contributed by atoms with van der Waals surface area (Å²) in [7, 11) is -4.67. The maximum absolute atomic E-state index is 12.1. The molecule has 37 heavy (non-hydrogen) atoms. The molecule has 0 amide bonds. The first-order chi connectivity index (χ1) is 16.4. The van der Waals surface area contributed by atoms with Gasteiger partial charge in [-0.05, 0) is 36.4 Å². The van der Waals surface area contributed by atoms with Gasteiger partial charge in [-0.3, -0.25) is 20.2 Å². The molecule has 19 heteroatoms. The number of hydrogen-bond acceptors (Lipinski definition) is 14. The Labute approximate surface area is 239 Å². The predicted molar refractivity (Wildman–Crippen MR) is 110 cm³/mol. The molecule has 0 atom stereocenters. The van der Waals surface area contributed by atoms with Crippen molar-refractivity contribution in [2.45, 2.75) is 4.90 Å². The molecular weight excluding hydrogens is 571 g/mol. The number of nitro benzene ring substituents is 2. The number of azo groups is 2. The summed E-state index contributed by atoms with van der Waals surface area (Å²) < 4.78 is 32.8. The third-order valence-corrected chi connectivity index (χ3v) is 5.01. The largest absolute Gasteiger partial charge is 2.00 e. The van der Waals surface area contributed by atoms with Crippen LogP contribution in [0.15, 0.2) is 73.9 Å². The van der Waals surface area contributed by atoms with Gasteiger partial charge in [-0.1, -0.05) is 5.75 Å². The Kier molecular flexibility index (Phi) is 10.8. The molecule has 0 spiro atoms. The maximum atomic E-state index is 12.1. The van der Waals surface area contributed by atoms with Crippen molar-refractivity contribution < 1.29 is 84.8 Å². The molecule has 0 aliphatic carbocycles. The van der Waals surface area contributed by atoms with Crippen LogP contribution in [-0.4, -0.2) is 27.9 Å². The molecule has 0 saturated carbocycles. The summed E-state index contributed by atoms with van der Waals surface area (Å²) in [6.07, 6.45) is 0. The third kappa shape index (κ3) is 7.73. The molecule has 0 unspecified atom stereocenters. The van der Waals surface area contributed by atoms with Gasteiger partial charge in [0.1, 0.15) is 21.6 Å². The first-order valence-corrected chi connectivity index (χ1v) is 10.3. The molecule has 16 nitrogen and oxygen atoms in total. The Hall–Kier alpha value is -3.51. The fraction of sp³-hybridized carbons (Fsp3) is 0. The number of aromatic hydroxyl groups is 1. The average Bonchev–Trinajstić information content (AvgIpc) is 2.78. The average molecular weight is 580 g/mol. The van der Waals surface area contributed by atoms with E-state index in [9.17, 15) is 48.5 Å². The van der Waals surface area contributed by atoms with Gasteiger partial charge in [0.25, 0.3) is 11.4 Å². The summed E-state index contributed by atoms with van der Waals surface area (Å²) >= 11 is 0. The summed E-state index contributed by atoms with van der Waals surface area (Å²) in [5, 5.41) is 70.4. The summed E-state index contributed by atoms with van der Waals surface area (Å²) in [6.45, 7) is 0. The van der Waals surface area contributed by atoms with Gasteiger partial charge < -0.3 is 19.9 Å². The van der Waals surface area contributed by atoms with E-state index in [1.807, 2.05) is 0 Å². The zero-order chi connectivity index (χ0) is 25.9. The van der Waals surface area contributed by atoms with Crippen LogP contribution in [0, 0.1) is 20.2 Å². The normalized spacial score (nSPS) is 11.2. The van der Waals surface area contributed by atoms with Crippen molar-refractivity contribution in [3.63, 3.8) is 0 Å². The number of nitrogens with zero attached hydrogens (tertiary/aromatic N) is 6. The second-order valence-electron chi connectivity index (χ2n) is 6.48. The van der Waals surface area contributed by atoms with Gasteiger partial charge in [-0.25, -0.2) is 8.42 Å². The van der Waals surface area contributed by atoms with E-state index < -0.39 is 64.9 Å². The molecule has 1 N–H and O–H groups in total. The fourth-order valence-electron chi connectivity index (χ4n) is 2.50. The summed E-state index contributed by atoms with van der Waals surface area (Å²) in [5.41, 5.74) is -3.44. The Balaban J connectivity index is 0.00000342. The van der Waals surface area contributed by atoms with Crippen LogP contribution in [-0.2, 0) is 27.2 Å². The first kappa shape index (κ1) is 31.5. The minimum Gasteiger partial charge on any atom is -0.871 e. The van der Waals surface area contributed by atoms with E-state index in [4.69, 9.17) is 0 Å². The Morgan fingerprint density at radius 2 is 1.35 bits per heavy atom. The van der Waals surface area contributed by atoms with Gasteiger partial charge in [-0.2, -0.15) is 15.3 Å². The topological polar surface area (TPSA) is 259 Å². The van der Waals surface area contributed by atoms with Crippen LogP contribution in [0.5, 0.6) is 17.2 Å². The fourth-order valence-corrected chi connectivity index (χ4v) is 2.97. The number of phenols is 1. The van der Waals surface area contributed by atoms with Crippen LogP contribution in [0.1, 0.15) is 0 Å². The molecular formula is C18H9FeN6NaO10S. The van der Waals surface area contributed by atoms with E-state index in [0.717, 1.165) is 30.3 Å². The van der Waals surface area contributed by atoms with Crippen LogP contribution in [0.25, 0.3) is 0 Å². The predicted octanol–water partition coefficient (Wildman–Crippen LogP) is 0.0922. The molecule has 0 radical (unpaired) electrons. The molecule has 0 aliphatic heterocycles. The molecule has 0 heterocycles. The molecule has 3 rings (SSSR count). The van der Waals surface area contributed by atoms with E-state index >= 15 is 0 Å². The van der Waals surface area contributed by atoms with Gasteiger partial charge in [0, 0.05) is 11.8 Å². The van der Waals surface area contributed by atoms with Crippen LogP contribution in [0.3, 0.4) is 0 Å². The second kappa shape index (κ2) is 12.6. The molecule has 0 fully saturated rings. The molecule has 3 aromatic carbocycles. The van der Waals surface area contributed by atoms with Crippen molar-refractivity contribution in [3.8, 4) is 17.2 Å². The summed E-state index contributed by atoms with van der Waals surface area (Å²) in [4.78, 5) is 19.3.